The fraction of sp³-hybridized carbons (Fsp3) is 0.167. The van der Waals surface area contributed by atoms with Gasteiger partial charge in [0.05, 0.1) is 11.9 Å². The minimum atomic E-state index is -0.0607. The molecule has 1 heterocycles. The van der Waals surface area contributed by atoms with Gasteiger partial charge in [-0.2, -0.15) is 5.10 Å². The van der Waals surface area contributed by atoms with Crippen LogP contribution >= 0.6 is 11.8 Å². The predicted octanol–water partition coefficient (Wildman–Crippen LogP) is 1.73. The third-order valence-electron chi connectivity index (χ3n) is 2.22. The van der Waals surface area contributed by atoms with E-state index in [0.717, 1.165) is 4.90 Å². The monoisotopic (exact) mass is 262 g/mol. The van der Waals surface area contributed by atoms with Gasteiger partial charge in [-0.05, 0) is 18.2 Å². The van der Waals surface area contributed by atoms with Gasteiger partial charge in [0.25, 0.3) is 0 Å². The van der Waals surface area contributed by atoms with Crippen LogP contribution in [-0.2, 0) is 11.8 Å². The van der Waals surface area contributed by atoms with E-state index in [1.807, 2.05) is 19.3 Å². The highest BCUT2D eigenvalue weighted by Crippen LogP contribution is 2.17. The Morgan fingerprint density at radius 3 is 3.06 bits per heavy atom. The Morgan fingerprint density at radius 2 is 2.39 bits per heavy atom. The van der Waals surface area contributed by atoms with E-state index in [9.17, 15) is 4.79 Å². The fourth-order valence-electron chi connectivity index (χ4n) is 1.44. The number of nitrogens with zero attached hydrogens (tertiary/aromatic N) is 2. The van der Waals surface area contributed by atoms with Gasteiger partial charge in [0.2, 0.25) is 5.91 Å². The molecule has 0 saturated heterocycles. The third-order valence-corrected chi connectivity index (χ3v) is 3.17. The topological polar surface area (TPSA) is 72.9 Å². The second-order valence-electron chi connectivity index (χ2n) is 3.81. The molecule has 0 aliphatic rings. The van der Waals surface area contributed by atoms with E-state index in [1.54, 1.807) is 29.1 Å². The van der Waals surface area contributed by atoms with E-state index in [2.05, 4.69) is 10.4 Å². The first-order valence-electron chi connectivity index (χ1n) is 5.40. The molecule has 0 spiro atoms. The van der Waals surface area contributed by atoms with Crippen LogP contribution in [0.15, 0.2) is 41.6 Å². The summed E-state index contributed by atoms with van der Waals surface area (Å²) in [5.74, 6) is 0.287. The standard InChI is InChI=1S/C12H14N4OS/c1-16-7-11(6-14-16)18-8-12(17)15-10-4-2-3-9(13)5-10/h2-7H,8,13H2,1H3,(H,15,17). The van der Waals surface area contributed by atoms with Crippen LogP contribution in [0, 0.1) is 0 Å². The summed E-state index contributed by atoms with van der Waals surface area (Å²) >= 11 is 1.45. The largest absolute Gasteiger partial charge is 0.399 e. The molecule has 1 aromatic carbocycles. The summed E-state index contributed by atoms with van der Waals surface area (Å²) in [5.41, 5.74) is 6.98. The minimum Gasteiger partial charge on any atom is -0.399 e. The van der Waals surface area contributed by atoms with E-state index in [0.29, 0.717) is 17.1 Å². The highest BCUT2D eigenvalue weighted by molar-refractivity contribution is 8.00. The number of carbonyl (C=O) groups excluding carboxylic acids is 1. The Bertz CT molecular complexity index is 553. The number of benzene rings is 1. The van der Waals surface area contributed by atoms with Crippen molar-refractivity contribution in [3.63, 3.8) is 0 Å². The number of thioether (sulfide) groups is 1. The van der Waals surface area contributed by atoms with Crippen molar-refractivity contribution in [2.24, 2.45) is 7.05 Å². The summed E-state index contributed by atoms with van der Waals surface area (Å²) in [7, 11) is 1.84. The number of aryl methyl sites for hydroxylation is 1. The molecule has 18 heavy (non-hydrogen) atoms. The zero-order chi connectivity index (χ0) is 13.0. The molecule has 2 aromatic rings. The molecule has 0 aliphatic heterocycles. The maximum atomic E-state index is 11.7. The van der Waals surface area contributed by atoms with Crippen molar-refractivity contribution < 1.29 is 4.79 Å². The number of hydrogen-bond acceptors (Lipinski definition) is 4. The van der Waals surface area contributed by atoms with Crippen molar-refractivity contribution in [2.45, 2.75) is 4.90 Å². The quantitative estimate of drug-likeness (QED) is 0.650. The van der Waals surface area contributed by atoms with Crippen molar-refractivity contribution in [1.29, 1.82) is 0 Å². The van der Waals surface area contributed by atoms with Gasteiger partial charge in [-0.3, -0.25) is 9.48 Å². The third kappa shape index (κ3) is 3.53. The number of anilines is 2. The van der Waals surface area contributed by atoms with Crippen molar-refractivity contribution in [3.8, 4) is 0 Å². The van der Waals surface area contributed by atoms with E-state index in [1.165, 1.54) is 11.8 Å². The Morgan fingerprint density at radius 1 is 1.56 bits per heavy atom. The first-order chi connectivity index (χ1) is 8.63. The molecule has 0 radical (unpaired) electrons. The summed E-state index contributed by atoms with van der Waals surface area (Å²) in [4.78, 5) is 12.7. The summed E-state index contributed by atoms with van der Waals surface area (Å²) in [6.07, 6.45) is 3.61. The van der Waals surface area contributed by atoms with Crippen LogP contribution in [0.3, 0.4) is 0 Å². The average Bonchev–Trinajstić information content (AvgIpc) is 2.73. The summed E-state index contributed by atoms with van der Waals surface area (Å²) in [5, 5.41) is 6.83. The molecule has 0 atom stereocenters. The molecule has 0 aliphatic carbocycles. The van der Waals surface area contributed by atoms with Gasteiger partial charge in [0, 0.05) is 29.5 Å². The molecular weight excluding hydrogens is 248 g/mol. The highest BCUT2D eigenvalue weighted by Gasteiger charge is 2.05. The Hall–Kier alpha value is -1.95. The highest BCUT2D eigenvalue weighted by atomic mass is 32.2. The lowest BCUT2D eigenvalue weighted by Gasteiger charge is -2.04. The van der Waals surface area contributed by atoms with Crippen LogP contribution in [0.2, 0.25) is 0 Å². The van der Waals surface area contributed by atoms with E-state index >= 15 is 0 Å². The molecule has 2 rings (SSSR count). The number of nitrogens with one attached hydrogen (secondary N) is 1. The van der Waals surface area contributed by atoms with Gasteiger partial charge >= 0.3 is 0 Å². The molecule has 0 fully saturated rings. The van der Waals surface area contributed by atoms with E-state index in [4.69, 9.17) is 5.73 Å². The first kappa shape index (κ1) is 12.5. The predicted molar refractivity (Wildman–Crippen MR) is 73.4 cm³/mol. The molecule has 0 unspecified atom stereocenters. The SMILES string of the molecule is Cn1cc(SCC(=O)Nc2cccc(N)c2)cn1. The zero-order valence-electron chi connectivity index (χ0n) is 9.96. The van der Waals surface area contributed by atoms with Crippen LogP contribution in [0.5, 0.6) is 0 Å². The summed E-state index contributed by atoms with van der Waals surface area (Å²) in [6, 6.07) is 7.12. The molecule has 5 nitrogen and oxygen atoms in total. The van der Waals surface area contributed by atoms with Gasteiger partial charge in [-0.25, -0.2) is 0 Å². The fourth-order valence-corrected chi connectivity index (χ4v) is 2.15. The van der Waals surface area contributed by atoms with Crippen molar-refractivity contribution >= 4 is 29.0 Å². The van der Waals surface area contributed by atoms with E-state index in [-0.39, 0.29) is 5.91 Å². The number of carbonyl (C=O) groups is 1. The second-order valence-corrected chi connectivity index (χ2v) is 4.86. The average molecular weight is 262 g/mol. The number of aromatic nitrogens is 2. The molecule has 1 amide bonds. The van der Waals surface area contributed by atoms with Crippen LogP contribution in [0.25, 0.3) is 0 Å². The van der Waals surface area contributed by atoms with Gasteiger partial charge in [0.1, 0.15) is 0 Å². The van der Waals surface area contributed by atoms with Gasteiger partial charge in [-0.15, -0.1) is 11.8 Å². The second kappa shape index (κ2) is 5.59. The Kier molecular flexibility index (Phi) is 3.88. The maximum absolute atomic E-state index is 11.7. The number of rotatable bonds is 4. The maximum Gasteiger partial charge on any atom is 0.234 e. The molecule has 6 heteroatoms. The molecule has 94 valence electrons. The Labute approximate surface area is 109 Å². The lowest BCUT2D eigenvalue weighted by atomic mass is 10.3. The number of amides is 1. The van der Waals surface area contributed by atoms with E-state index < -0.39 is 0 Å². The minimum absolute atomic E-state index is 0.0607. The molecule has 0 bridgehead atoms. The van der Waals surface area contributed by atoms with Crippen molar-refractivity contribution in [2.75, 3.05) is 16.8 Å². The molecule has 3 N–H and O–H groups in total. The molecule has 1 aromatic heterocycles. The number of nitrogens with two attached hydrogens (primary N) is 1. The normalized spacial score (nSPS) is 10.3. The van der Waals surface area contributed by atoms with Gasteiger partial charge < -0.3 is 11.1 Å². The lowest BCUT2D eigenvalue weighted by Crippen LogP contribution is -2.13. The number of hydrogen-bond donors (Lipinski definition) is 2. The smallest absolute Gasteiger partial charge is 0.234 e. The first-order valence-corrected chi connectivity index (χ1v) is 6.39. The van der Waals surface area contributed by atoms with Crippen molar-refractivity contribution in [1.82, 2.24) is 9.78 Å². The van der Waals surface area contributed by atoms with Gasteiger partial charge in [0.15, 0.2) is 0 Å². The van der Waals surface area contributed by atoms with Crippen LogP contribution in [0.1, 0.15) is 0 Å². The number of nitrogen functional groups attached to an aromatic ring is 1. The van der Waals surface area contributed by atoms with Gasteiger partial charge in [-0.1, -0.05) is 6.07 Å². The Balaban J connectivity index is 1.85. The summed E-state index contributed by atoms with van der Waals surface area (Å²) < 4.78 is 1.71. The van der Waals surface area contributed by atoms with Crippen LogP contribution in [-0.4, -0.2) is 21.4 Å². The van der Waals surface area contributed by atoms with Crippen LogP contribution in [0.4, 0.5) is 11.4 Å². The zero-order valence-corrected chi connectivity index (χ0v) is 10.8. The summed E-state index contributed by atoms with van der Waals surface area (Å²) in [6.45, 7) is 0. The molecule has 0 saturated carbocycles. The molecular formula is C12H14N4OS. The van der Waals surface area contributed by atoms with Crippen LogP contribution < -0.4 is 11.1 Å². The lowest BCUT2D eigenvalue weighted by molar-refractivity contribution is -0.113. The van der Waals surface area contributed by atoms with Crippen molar-refractivity contribution in [3.05, 3.63) is 36.7 Å².